The van der Waals surface area contributed by atoms with Gasteiger partial charge in [-0.25, -0.2) is 0 Å². The minimum Gasteiger partial charge on any atom is -0.384 e. The SMILES string of the molecule is Cc1cccc(NCC2CCCN(C)C2)c1Cl. The molecule has 1 aliphatic heterocycles. The average molecular weight is 253 g/mol. The second-order valence-electron chi connectivity index (χ2n) is 5.09. The molecule has 0 aromatic heterocycles. The number of benzene rings is 1. The molecule has 1 aromatic carbocycles. The number of piperidine rings is 1. The topological polar surface area (TPSA) is 15.3 Å². The lowest BCUT2D eigenvalue weighted by molar-refractivity contribution is 0.217. The summed E-state index contributed by atoms with van der Waals surface area (Å²) in [6.45, 7) is 5.49. The van der Waals surface area contributed by atoms with Crippen molar-refractivity contribution in [2.75, 3.05) is 32.0 Å². The predicted molar refractivity (Wildman–Crippen MR) is 74.9 cm³/mol. The molecule has 1 aromatic rings. The van der Waals surface area contributed by atoms with E-state index in [1.54, 1.807) is 0 Å². The van der Waals surface area contributed by atoms with Gasteiger partial charge in [0.2, 0.25) is 0 Å². The molecule has 0 radical (unpaired) electrons. The fourth-order valence-corrected chi connectivity index (χ4v) is 2.67. The van der Waals surface area contributed by atoms with Crippen LogP contribution in [0.3, 0.4) is 0 Å². The van der Waals surface area contributed by atoms with E-state index in [0.29, 0.717) is 0 Å². The number of nitrogens with zero attached hydrogens (tertiary/aromatic N) is 1. The Morgan fingerprint density at radius 3 is 3.06 bits per heavy atom. The Morgan fingerprint density at radius 1 is 1.47 bits per heavy atom. The smallest absolute Gasteiger partial charge is 0.0666 e. The molecular formula is C14H21ClN2. The van der Waals surface area contributed by atoms with Crippen LogP contribution in [0, 0.1) is 12.8 Å². The van der Waals surface area contributed by atoms with Crippen LogP contribution in [0.2, 0.25) is 5.02 Å². The Morgan fingerprint density at radius 2 is 2.29 bits per heavy atom. The largest absolute Gasteiger partial charge is 0.384 e. The second kappa shape index (κ2) is 5.74. The molecule has 1 N–H and O–H groups in total. The Bertz CT molecular complexity index is 378. The fraction of sp³-hybridized carbons (Fsp3) is 0.571. The first kappa shape index (κ1) is 12.7. The van der Waals surface area contributed by atoms with Crippen LogP contribution in [-0.4, -0.2) is 31.6 Å². The number of anilines is 1. The first-order valence-corrected chi connectivity index (χ1v) is 6.72. The highest BCUT2D eigenvalue weighted by Gasteiger charge is 2.17. The van der Waals surface area contributed by atoms with Gasteiger partial charge in [-0.1, -0.05) is 23.7 Å². The quantitative estimate of drug-likeness (QED) is 0.887. The first-order valence-electron chi connectivity index (χ1n) is 6.34. The van der Waals surface area contributed by atoms with E-state index in [2.05, 4.69) is 29.4 Å². The Kier molecular flexibility index (Phi) is 4.30. The van der Waals surface area contributed by atoms with E-state index in [9.17, 15) is 0 Å². The number of aryl methyl sites for hydroxylation is 1. The van der Waals surface area contributed by atoms with E-state index in [0.717, 1.165) is 28.7 Å². The van der Waals surface area contributed by atoms with E-state index in [4.69, 9.17) is 11.6 Å². The van der Waals surface area contributed by atoms with Crippen LogP contribution >= 0.6 is 11.6 Å². The summed E-state index contributed by atoms with van der Waals surface area (Å²) in [5, 5.41) is 4.34. The highest BCUT2D eigenvalue weighted by Crippen LogP contribution is 2.26. The standard InChI is InChI=1S/C14H21ClN2/c1-11-5-3-7-13(14(11)15)16-9-12-6-4-8-17(2)10-12/h3,5,7,12,16H,4,6,8-10H2,1-2H3. The van der Waals surface area contributed by atoms with Gasteiger partial charge in [-0.3, -0.25) is 0 Å². The Hall–Kier alpha value is -0.730. The molecule has 0 spiro atoms. The third-order valence-electron chi connectivity index (χ3n) is 3.50. The maximum absolute atomic E-state index is 6.27. The summed E-state index contributed by atoms with van der Waals surface area (Å²) in [4.78, 5) is 2.41. The van der Waals surface area contributed by atoms with Crippen LogP contribution < -0.4 is 5.32 Å². The van der Waals surface area contributed by atoms with E-state index in [1.165, 1.54) is 25.9 Å². The molecule has 17 heavy (non-hydrogen) atoms. The monoisotopic (exact) mass is 252 g/mol. The third-order valence-corrected chi connectivity index (χ3v) is 4.00. The van der Waals surface area contributed by atoms with Gasteiger partial charge in [-0.05, 0) is 50.9 Å². The summed E-state index contributed by atoms with van der Waals surface area (Å²) in [5.74, 6) is 0.741. The summed E-state index contributed by atoms with van der Waals surface area (Å²) in [7, 11) is 2.20. The first-order chi connectivity index (χ1) is 8.16. The lowest BCUT2D eigenvalue weighted by Gasteiger charge is -2.30. The zero-order chi connectivity index (χ0) is 12.3. The Balaban J connectivity index is 1.91. The van der Waals surface area contributed by atoms with Gasteiger partial charge in [-0.15, -0.1) is 0 Å². The van der Waals surface area contributed by atoms with Crippen molar-refractivity contribution in [1.82, 2.24) is 4.90 Å². The molecule has 94 valence electrons. The van der Waals surface area contributed by atoms with Crippen LogP contribution in [0.1, 0.15) is 18.4 Å². The maximum Gasteiger partial charge on any atom is 0.0666 e. The Labute approximate surface area is 109 Å². The van der Waals surface area contributed by atoms with Gasteiger partial charge in [0.1, 0.15) is 0 Å². The van der Waals surface area contributed by atoms with Gasteiger partial charge in [-0.2, -0.15) is 0 Å². The molecule has 0 saturated carbocycles. The lowest BCUT2D eigenvalue weighted by atomic mass is 9.98. The fourth-order valence-electron chi connectivity index (χ4n) is 2.48. The second-order valence-corrected chi connectivity index (χ2v) is 5.47. The third kappa shape index (κ3) is 3.36. The molecule has 1 fully saturated rings. The van der Waals surface area contributed by atoms with E-state index >= 15 is 0 Å². The lowest BCUT2D eigenvalue weighted by Crippen LogP contribution is -2.35. The summed E-state index contributed by atoms with van der Waals surface area (Å²) in [5.41, 5.74) is 2.21. The van der Waals surface area contributed by atoms with Crippen molar-refractivity contribution < 1.29 is 0 Å². The number of hydrogen-bond donors (Lipinski definition) is 1. The highest BCUT2D eigenvalue weighted by atomic mass is 35.5. The van der Waals surface area contributed by atoms with Crippen molar-refractivity contribution in [3.8, 4) is 0 Å². The van der Waals surface area contributed by atoms with Crippen molar-refractivity contribution in [3.05, 3.63) is 28.8 Å². The molecule has 1 unspecified atom stereocenters. The van der Waals surface area contributed by atoms with Crippen LogP contribution in [0.5, 0.6) is 0 Å². The zero-order valence-electron chi connectivity index (χ0n) is 10.7. The highest BCUT2D eigenvalue weighted by molar-refractivity contribution is 6.33. The molecule has 1 heterocycles. The van der Waals surface area contributed by atoms with E-state index in [1.807, 2.05) is 13.0 Å². The molecule has 0 bridgehead atoms. The van der Waals surface area contributed by atoms with Gasteiger partial charge in [0.05, 0.1) is 10.7 Å². The van der Waals surface area contributed by atoms with Crippen LogP contribution in [-0.2, 0) is 0 Å². The van der Waals surface area contributed by atoms with Crippen LogP contribution in [0.4, 0.5) is 5.69 Å². The van der Waals surface area contributed by atoms with Crippen molar-refractivity contribution in [1.29, 1.82) is 0 Å². The van der Waals surface area contributed by atoms with E-state index in [-0.39, 0.29) is 0 Å². The van der Waals surface area contributed by atoms with Crippen LogP contribution in [0.15, 0.2) is 18.2 Å². The van der Waals surface area contributed by atoms with E-state index < -0.39 is 0 Å². The predicted octanol–water partition coefficient (Wildman–Crippen LogP) is 3.40. The number of likely N-dealkylation sites (tertiary alicyclic amines) is 1. The number of hydrogen-bond acceptors (Lipinski definition) is 2. The van der Waals surface area contributed by atoms with Gasteiger partial charge < -0.3 is 10.2 Å². The minimum atomic E-state index is 0.741. The molecule has 0 amide bonds. The zero-order valence-corrected chi connectivity index (χ0v) is 11.4. The summed E-state index contributed by atoms with van der Waals surface area (Å²) >= 11 is 6.27. The van der Waals surface area contributed by atoms with Crippen molar-refractivity contribution in [2.24, 2.45) is 5.92 Å². The molecule has 1 aliphatic rings. The maximum atomic E-state index is 6.27. The van der Waals surface area contributed by atoms with Crippen molar-refractivity contribution in [3.63, 3.8) is 0 Å². The molecule has 1 atom stereocenters. The van der Waals surface area contributed by atoms with Gasteiger partial charge in [0.15, 0.2) is 0 Å². The average Bonchev–Trinajstić information content (AvgIpc) is 2.31. The molecule has 3 heteroatoms. The normalized spacial score (nSPS) is 21.5. The molecule has 2 nitrogen and oxygen atoms in total. The summed E-state index contributed by atoms with van der Waals surface area (Å²) in [6.07, 6.45) is 2.63. The number of rotatable bonds is 3. The molecule has 1 saturated heterocycles. The van der Waals surface area contributed by atoms with Crippen molar-refractivity contribution >= 4 is 17.3 Å². The molecule has 0 aliphatic carbocycles. The summed E-state index contributed by atoms with van der Waals surface area (Å²) in [6, 6.07) is 6.15. The number of nitrogens with one attached hydrogen (secondary N) is 1. The van der Waals surface area contributed by atoms with Gasteiger partial charge in [0, 0.05) is 13.1 Å². The number of halogens is 1. The van der Waals surface area contributed by atoms with Gasteiger partial charge in [0.25, 0.3) is 0 Å². The summed E-state index contributed by atoms with van der Waals surface area (Å²) < 4.78 is 0. The minimum absolute atomic E-state index is 0.741. The molecule has 2 rings (SSSR count). The van der Waals surface area contributed by atoms with Crippen LogP contribution in [0.25, 0.3) is 0 Å². The van der Waals surface area contributed by atoms with Gasteiger partial charge >= 0.3 is 0 Å². The van der Waals surface area contributed by atoms with Crippen molar-refractivity contribution in [2.45, 2.75) is 19.8 Å². The molecular weight excluding hydrogens is 232 g/mol.